The second kappa shape index (κ2) is 9.78. The van der Waals surface area contributed by atoms with Crippen molar-refractivity contribution in [3.8, 4) is 5.75 Å². The van der Waals surface area contributed by atoms with E-state index in [4.69, 9.17) is 4.74 Å². The molecule has 4 rings (SSSR count). The van der Waals surface area contributed by atoms with Gasteiger partial charge in [-0.1, -0.05) is 42.5 Å². The fourth-order valence-corrected chi connectivity index (χ4v) is 4.97. The zero-order chi connectivity index (χ0) is 18.6. The molecule has 0 aromatic heterocycles. The van der Waals surface area contributed by atoms with Gasteiger partial charge in [-0.3, -0.25) is 0 Å². The van der Waals surface area contributed by atoms with Crippen molar-refractivity contribution in [2.45, 2.75) is 44.1 Å². The van der Waals surface area contributed by atoms with Crippen molar-refractivity contribution in [1.29, 1.82) is 0 Å². The molecule has 1 saturated heterocycles. The molecular weight excluding hydrogens is 370 g/mol. The Morgan fingerprint density at radius 1 is 1.00 bits per heavy atom. The van der Waals surface area contributed by atoms with Gasteiger partial charge >= 0.3 is 0 Å². The van der Waals surface area contributed by atoms with Crippen LogP contribution < -0.4 is 4.74 Å². The van der Waals surface area contributed by atoms with Gasteiger partial charge in [-0.15, -0.1) is 12.4 Å². The van der Waals surface area contributed by atoms with Gasteiger partial charge in [0, 0.05) is 6.54 Å². The van der Waals surface area contributed by atoms with Gasteiger partial charge in [0.1, 0.15) is 5.75 Å². The van der Waals surface area contributed by atoms with Crippen LogP contribution in [0.5, 0.6) is 5.75 Å². The molecule has 0 bridgehead atoms. The highest BCUT2D eigenvalue weighted by Crippen LogP contribution is 2.37. The lowest BCUT2D eigenvalue weighted by atomic mass is 9.88. The summed E-state index contributed by atoms with van der Waals surface area (Å²) >= 11 is 0. The Morgan fingerprint density at radius 3 is 2.46 bits per heavy atom. The Hall–Kier alpha value is -1.55. The number of nitrogens with zero attached hydrogens (tertiary/aromatic N) is 1. The van der Waals surface area contributed by atoms with Crippen molar-refractivity contribution in [2.24, 2.45) is 5.92 Å². The predicted molar refractivity (Wildman–Crippen MR) is 116 cm³/mol. The number of halogens is 1. The fourth-order valence-electron chi connectivity index (χ4n) is 4.97. The van der Waals surface area contributed by atoms with Gasteiger partial charge in [0.05, 0.1) is 13.2 Å². The first-order valence-corrected chi connectivity index (χ1v) is 10.4. The minimum absolute atomic E-state index is 0. The van der Waals surface area contributed by atoms with E-state index >= 15 is 0 Å². The van der Waals surface area contributed by atoms with Gasteiger partial charge in [0.25, 0.3) is 0 Å². The molecule has 0 spiro atoms. The second-order valence-electron chi connectivity index (χ2n) is 8.17. The SMILES string of the molecule is COc1cccc2c1CC[C@@H](CN1CCC(c3ccccc3)CC1)C[C@H]2O.Cl. The van der Waals surface area contributed by atoms with Crippen LogP contribution in [0.1, 0.15) is 54.4 Å². The van der Waals surface area contributed by atoms with E-state index in [1.165, 1.54) is 37.1 Å². The molecule has 1 aliphatic heterocycles. The number of aliphatic hydroxyl groups excluding tert-OH is 1. The van der Waals surface area contributed by atoms with Gasteiger partial charge < -0.3 is 14.7 Å². The van der Waals surface area contributed by atoms with E-state index in [2.05, 4.69) is 41.3 Å². The lowest BCUT2D eigenvalue weighted by Crippen LogP contribution is -2.36. The maximum absolute atomic E-state index is 10.8. The molecule has 0 saturated carbocycles. The highest BCUT2D eigenvalue weighted by molar-refractivity contribution is 5.85. The third-order valence-corrected chi connectivity index (χ3v) is 6.48. The summed E-state index contributed by atoms with van der Waals surface area (Å²) in [6.45, 7) is 3.44. The third kappa shape index (κ3) is 4.71. The van der Waals surface area contributed by atoms with Crippen LogP contribution in [0.25, 0.3) is 0 Å². The largest absolute Gasteiger partial charge is 0.496 e. The first-order chi connectivity index (χ1) is 13.2. The Kier molecular flexibility index (Phi) is 7.39. The molecule has 0 amide bonds. The van der Waals surface area contributed by atoms with Gasteiger partial charge in [0.2, 0.25) is 0 Å². The number of aliphatic hydroxyl groups is 1. The van der Waals surface area contributed by atoms with Crippen LogP contribution in [0, 0.1) is 5.92 Å². The Bertz CT molecular complexity index is 744. The number of hydrogen-bond donors (Lipinski definition) is 1. The van der Waals surface area contributed by atoms with Crippen LogP contribution in [0.2, 0.25) is 0 Å². The number of benzene rings is 2. The molecule has 2 aromatic carbocycles. The average Bonchev–Trinajstić information content (AvgIpc) is 2.88. The maximum Gasteiger partial charge on any atom is 0.122 e. The molecule has 1 fully saturated rings. The summed E-state index contributed by atoms with van der Waals surface area (Å²) in [6.07, 6.45) is 5.11. The quantitative estimate of drug-likeness (QED) is 0.733. The lowest BCUT2D eigenvalue weighted by Gasteiger charge is -2.34. The molecule has 28 heavy (non-hydrogen) atoms. The number of likely N-dealkylation sites (tertiary alicyclic amines) is 1. The predicted octanol–water partition coefficient (Wildman–Crippen LogP) is 4.98. The number of piperidine rings is 1. The summed E-state index contributed by atoms with van der Waals surface area (Å²) in [6, 6.07) is 17.0. The summed E-state index contributed by atoms with van der Waals surface area (Å²) in [5.41, 5.74) is 3.77. The molecule has 4 heteroatoms. The molecule has 3 nitrogen and oxygen atoms in total. The Labute approximate surface area is 175 Å². The van der Waals surface area contributed by atoms with Gasteiger partial charge in [0.15, 0.2) is 0 Å². The van der Waals surface area contributed by atoms with E-state index in [9.17, 15) is 5.11 Å². The number of hydrogen-bond acceptors (Lipinski definition) is 3. The number of rotatable bonds is 4. The van der Waals surface area contributed by atoms with Crippen molar-refractivity contribution in [2.75, 3.05) is 26.7 Å². The van der Waals surface area contributed by atoms with E-state index in [0.29, 0.717) is 11.8 Å². The minimum Gasteiger partial charge on any atom is -0.496 e. The van der Waals surface area contributed by atoms with Crippen LogP contribution in [-0.4, -0.2) is 36.8 Å². The second-order valence-corrected chi connectivity index (χ2v) is 8.17. The normalized spacial score (nSPS) is 23.4. The monoisotopic (exact) mass is 401 g/mol. The highest BCUT2D eigenvalue weighted by atomic mass is 35.5. The molecule has 0 unspecified atom stereocenters. The van der Waals surface area contributed by atoms with Gasteiger partial charge in [-0.05, 0) is 79.8 Å². The summed E-state index contributed by atoms with van der Waals surface area (Å²) in [7, 11) is 1.72. The summed E-state index contributed by atoms with van der Waals surface area (Å²) in [5, 5.41) is 10.8. The summed E-state index contributed by atoms with van der Waals surface area (Å²) < 4.78 is 5.53. The van der Waals surface area contributed by atoms with Crippen molar-refractivity contribution in [1.82, 2.24) is 4.90 Å². The van der Waals surface area contributed by atoms with Crippen molar-refractivity contribution >= 4 is 12.4 Å². The van der Waals surface area contributed by atoms with E-state index < -0.39 is 0 Å². The van der Waals surface area contributed by atoms with E-state index in [1.54, 1.807) is 7.11 Å². The molecule has 152 valence electrons. The van der Waals surface area contributed by atoms with Gasteiger partial charge in [-0.2, -0.15) is 0 Å². The molecule has 2 aromatic rings. The number of fused-ring (bicyclic) bond motifs is 1. The third-order valence-electron chi connectivity index (χ3n) is 6.48. The molecule has 1 heterocycles. The van der Waals surface area contributed by atoms with Crippen LogP contribution in [0.3, 0.4) is 0 Å². The van der Waals surface area contributed by atoms with Crippen LogP contribution >= 0.6 is 12.4 Å². The molecule has 2 aliphatic rings. The van der Waals surface area contributed by atoms with Crippen LogP contribution in [0.4, 0.5) is 0 Å². The van der Waals surface area contributed by atoms with E-state index in [1.807, 2.05) is 12.1 Å². The number of methoxy groups -OCH3 is 1. The van der Waals surface area contributed by atoms with Crippen molar-refractivity contribution in [3.63, 3.8) is 0 Å². The average molecular weight is 402 g/mol. The van der Waals surface area contributed by atoms with Crippen molar-refractivity contribution in [3.05, 3.63) is 65.2 Å². The fraction of sp³-hybridized carbons (Fsp3) is 0.500. The summed E-state index contributed by atoms with van der Waals surface area (Å²) in [5.74, 6) is 2.18. The van der Waals surface area contributed by atoms with Crippen LogP contribution in [0.15, 0.2) is 48.5 Å². The minimum atomic E-state index is -0.371. The highest BCUT2D eigenvalue weighted by Gasteiger charge is 2.28. The van der Waals surface area contributed by atoms with Crippen LogP contribution in [-0.2, 0) is 6.42 Å². The first kappa shape index (κ1) is 21.2. The molecular formula is C24H32ClNO2. The molecule has 2 atom stereocenters. The molecule has 1 aliphatic carbocycles. The smallest absolute Gasteiger partial charge is 0.122 e. The molecule has 1 N–H and O–H groups in total. The lowest BCUT2D eigenvalue weighted by molar-refractivity contribution is 0.117. The molecule has 0 radical (unpaired) electrons. The Morgan fingerprint density at radius 2 is 1.75 bits per heavy atom. The maximum atomic E-state index is 10.8. The Balaban J connectivity index is 0.00000225. The summed E-state index contributed by atoms with van der Waals surface area (Å²) in [4.78, 5) is 2.62. The first-order valence-electron chi connectivity index (χ1n) is 10.4. The zero-order valence-electron chi connectivity index (χ0n) is 16.7. The zero-order valence-corrected chi connectivity index (χ0v) is 17.5. The topological polar surface area (TPSA) is 32.7 Å². The van der Waals surface area contributed by atoms with Gasteiger partial charge in [-0.25, -0.2) is 0 Å². The van der Waals surface area contributed by atoms with E-state index in [-0.39, 0.29) is 18.5 Å². The standard InChI is InChI=1S/C24H31NO2.ClH/c1-27-24-9-5-8-21-22(24)11-10-18(16-23(21)26)17-25-14-12-20(13-15-25)19-6-3-2-4-7-19;/h2-9,18,20,23,26H,10-17H2,1H3;1H/t18-,23-;/m1./s1. The van der Waals surface area contributed by atoms with Crippen molar-refractivity contribution < 1.29 is 9.84 Å². The number of ether oxygens (including phenoxy) is 1. The van der Waals surface area contributed by atoms with E-state index in [0.717, 1.165) is 37.1 Å².